The maximum absolute atomic E-state index is 12.7. The van der Waals surface area contributed by atoms with E-state index in [0.29, 0.717) is 26.1 Å². The summed E-state index contributed by atoms with van der Waals surface area (Å²) in [5.74, 6) is -0.587. The zero-order valence-electron chi connectivity index (χ0n) is 11.7. The average molecular weight is 289 g/mol. The number of benzene rings is 1. The molecule has 0 aromatic heterocycles. The first kappa shape index (κ1) is 14.0. The molecule has 2 aliphatic heterocycles. The molecule has 6 nitrogen and oxygen atoms in total. The molecule has 1 aromatic rings. The summed E-state index contributed by atoms with van der Waals surface area (Å²) < 4.78 is 5.25. The lowest BCUT2D eigenvalue weighted by atomic mass is 9.95. The van der Waals surface area contributed by atoms with Gasteiger partial charge in [-0.15, -0.1) is 0 Å². The molecule has 1 fully saturated rings. The van der Waals surface area contributed by atoms with E-state index in [1.807, 2.05) is 18.2 Å². The lowest BCUT2D eigenvalue weighted by Gasteiger charge is -2.37. The SMILES string of the molecule is NC(=O)C1COCCN1C(=O)[C@H]1Cc2ccccc2CN1. The molecule has 2 heterocycles. The predicted molar refractivity (Wildman–Crippen MR) is 76.3 cm³/mol. The Kier molecular flexibility index (Phi) is 3.90. The Bertz CT molecular complexity index is 561. The smallest absolute Gasteiger partial charge is 0.242 e. The van der Waals surface area contributed by atoms with E-state index in [2.05, 4.69) is 11.4 Å². The second-order valence-corrected chi connectivity index (χ2v) is 5.43. The Morgan fingerprint density at radius 3 is 2.81 bits per heavy atom. The summed E-state index contributed by atoms with van der Waals surface area (Å²) in [7, 11) is 0. The fraction of sp³-hybridized carbons (Fsp3) is 0.467. The van der Waals surface area contributed by atoms with Crippen LogP contribution in [0, 0.1) is 0 Å². The van der Waals surface area contributed by atoms with Gasteiger partial charge in [0.1, 0.15) is 6.04 Å². The number of amides is 2. The topological polar surface area (TPSA) is 84.7 Å². The van der Waals surface area contributed by atoms with Gasteiger partial charge < -0.3 is 20.7 Å². The molecule has 2 aliphatic rings. The first-order chi connectivity index (χ1) is 10.2. The van der Waals surface area contributed by atoms with Gasteiger partial charge in [0.2, 0.25) is 11.8 Å². The molecule has 112 valence electrons. The third-order valence-corrected chi connectivity index (χ3v) is 4.12. The van der Waals surface area contributed by atoms with Crippen molar-refractivity contribution >= 4 is 11.8 Å². The van der Waals surface area contributed by atoms with Crippen LogP contribution < -0.4 is 11.1 Å². The van der Waals surface area contributed by atoms with E-state index in [4.69, 9.17) is 10.5 Å². The van der Waals surface area contributed by atoms with Crippen LogP contribution >= 0.6 is 0 Å². The van der Waals surface area contributed by atoms with Crippen LogP contribution in [0.1, 0.15) is 11.1 Å². The molecular weight excluding hydrogens is 270 g/mol. The highest BCUT2D eigenvalue weighted by Gasteiger charge is 2.36. The largest absolute Gasteiger partial charge is 0.377 e. The number of primary amides is 1. The first-order valence-electron chi connectivity index (χ1n) is 7.14. The fourth-order valence-corrected chi connectivity index (χ4v) is 2.93. The number of nitrogens with two attached hydrogens (primary N) is 1. The van der Waals surface area contributed by atoms with Gasteiger partial charge in [-0.3, -0.25) is 9.59 Å². The van der Waals surface area contributed by atoms with Crippen molar-refractivity contribution in [2.45, 2.75) is 25.0 Å². The molecule has 6 heteroatoms. The summed E-state index contributed by atoms with van der Waals surface area (Å²) >= 11 is 0. The zero-order valence-corrected chi connectivity index (χ0v) is 11.7. The van der Waals surface area contributed by atoms with Crippen LogP contribution in [0.2, 0.25) is 0 Å². The number of carbonyl (C=O) groups is 2. The van der Waals surface area contributed by atoms with Gasteiger partial charge in [-0.05, 0) is 17.5 Å². The Labute approximate surface area is 123 Å². The molecule has 0 aliphatic carbocycles. The van der Waals surface area contributed by atoms with E-state index >= 15 is 0 Å². The van der Waals surface area contributed by atoms with E-state index < -0.39 is 11.9 Å². The highest BCUT2D eigenvalue weighted by atomic mass is 16.5. The van der Waals surface area contributed by atoms with Crippen LogP contribution in [0.15, 0.2) is 24.3 Å². The Hall–Kier alpha value is -1.92. The summed E-state index contributed by atoms with van der Waals surface area (Å²) in [5.41, 5.74) is 7.76. The second kappa shape index (κ2) is 5.83. The number of hydrogen-bond donors (Lipinski definition) is 2. The minimum Gasteiger partial charge on any atom is -0.377 e. The summed E-state index contributed by atoms with van der Waals surface area (Å²) in [5, 5.41) is 3.25. The molecule has 0 radical (unpaired) electrons. The van der Waals surface area contributed by atoms with Gasteiger partial charge in [-0.2, -0.15) is 0 Å². The predicted octanol–water partition coefficient (Wildman–Crippen LogP) is -0.586. The molecule has 1 aromatic carbocycles. The van der Waals surface area contributed by atoms with Gasteiger partial charge in [0.05, 0.1) is 19.3 Å². The van der Waals surface area contributed by atoms with Crippen LogP contribution in [-0.4, -0.2) is 48.6 Å². The number of rotatable bonds is 2. The number of nitrogens with one attached hydrogen (secondary N) is 1. The summed E-state index contributed by atoms with van der Waals surface area (Å²) in [6.45, 7) is 1.70. The molecule has 3 rings (SSSR count). The number of morpholine rings is 1. The summed E-state index contributed by atoms with van der Waals surface area (Å²) in [6.07, 6.45) is 0.637. The minimum atomic E-state index is -0.662. The van der Waals surface area contributed by atoms with Gasteiger partial charge >= 0.3 is 0 Å². The molecule has 21 heavy (non-hydrogen) atoms. The lowest BCUT2D eigenvalue weighted by Crippen LogP contribution is -2.59. The van der Waals surface area contributed by atoms with Gasteiger partial charge in [0.25, 0.3) is 0 Å². The van der Waals surface area contributed by atoms with Crippen LogP contribution in [-0.2, 0) is 27.3 Å². The normalized spacial score (nSPS) is 25.2. The fourth-order valence-electron chi connectivity index (χ4n) is 2.93. The monoisotopic (exact) mass is 289 g/mol. The molecule has 2 atom stereocenters. The van der Waals surface area contributed by atoms with Crippen LogP contribution in [0.5, 0.6) is 0 Å². The van der Waals surface area contributed by atoms with Crippen molar-refractivity contribution in [2.24, 2.45) is 5.73 Å². The molecule has 3 N–H and O–H groups in total. The summed E-state index contributed by atoms with van der Waals surface area (Å²) in [4.78, 5) is 25.7. The van der Waals surface area contributed by atoms with Gasteiger partial charge in [0, 0.05) is 13.1 Å². The Balaban J connectivity index is 1.75. The number of ether oxygens (including phenoxy) is 1. The maximum atomic E-state index is 12.7. The van der Waals surface area contributed by atoms with Crippen molar-refractivity contribution in [1.82, 2.24) is 10.2 Å². The molecule has 0 bridgehead atoms. The average Bonchev–Trinajstić information content (AvgIpc) is 2.53. The summed E-state index contributed by atoms with van der Waals surface area (Å²) in [6, 6.07) is 7.11. The van der Waals surface area contributed by atoms with Crippen molar-refractivity contribution < 1.29 is 14.3 Å². The van der Waals surface area contributed by atoms with Crippen LogP contribution in [0.4, 0.5) is 0 Å². The second-order valence-electron chi connectivity index (χ2n) is 5.43. The van der Waals surface area contributed by atoms with E-state index in [1.54, 1.807) is 4.90 Å². The van der Waals surface area contributed by atoms with E-state index in [9.17, 15) is 9.59 Å². The first-order valence-corrected chi connectivity index (χ1v) is 7.14. The lowest BCUT2D eigenvalue weighted by molar-refractivity contribution is -0.148. The molecular formula is C15H19N3O3. The van der Waals surface area contributed by atoms with Crippen LogP contribution in [0.25, 0.3) is 0 Å². The van der Waals surface area contributed by atoms with Crippen molar-refractivity contribution in [3.63, 3.8) is 0 Å². The quantitative estimate of drug-likeness (QED) is 0.762. The molecule has 2 amide bonds. The van der Waals surface area contributed by atoms with E-state index in [-0.39, 0.29) is 18.6 Å². The van der Waals surface area contributed by atoms with Gasteiger partial charge in [-0.25, -0.2) is 0 Å². The zero-order chi connectivity index (χ0) is 14.8. The highest BCUT2D eigenvalue weighted by Crippen LogP contribution is 2.19. The van der Waals surface area contributed by atoms with Crippen molar-refractivity contribution in [2.75, 3.05) is 19.8 Å². The van der Waals surface area contributed by atoms with E-state index in [0.717, 1.165) is 0 Å². The van der Waals surface area contributed by atoms with Crippen LogP contribution in [0.3, 0.4) is 0 Å². The van der Waals surface area contributed by atoms with Crippen molar-refractivity contribution in [3.05, 3.63) is 35.4 Å². The molecule has 1 unspecified atom stereocenters. The third kappa shape index (κ3) is 2.77. The van der Waals surface area contributed by atoms with E-state index in [1.165, 1.54) is 11.1 Å². The third-order valence-electron chi connectivity index (χ3n) is 4.12. The van der Waals surface area contributed by atoms with Crippen molar-refractivity contribution in [1.29, 1.82) is 0 Å². The Morgan fingerprint density at radius 2 is 2.05 bits per heavy atom. The standard InChI is InChI=1S/C15H19N3O3/c16-14(19)13-9-21-6-5-18(13)15(20)12-7-10-3-1-2-4-11(10)8-17-12/h1-4,12-13,17H,5-9H2,(H2,16,19)/t12-,13?/m1/s1. The molecule has 0 spiro atoms. The number of fused-ring (bicyclic) bond motifs is 1. The van der Waals surface area contributed by atoms with Gasteiger partial charge in [0.15, 0.2) is 0 Å². The number of hydrogen-bond acceptors (Lipinski definition) is 4. The van der Waals surface area contributed by atoms with Crippen molar-refractivity contribution in [3.8, 4) is 0 Å². The minimum absolute atomic E-state index is 0.0726. The van der Waals surface area contributed by atoms with Gasteiger partial charge in [-0.1, -0.05) is 24.3 Å². The molecule has 1 saturated heterocycles. The number of nitrogens with zero attached hydrogens (tertiary/aromatic N) is 1. The molecule has 0 saturated carbocycles. The number of carbonyl (C=O) groups excluding carboxylic acids is 2. The Morgan fingerprint density at radius 1 is 1.29 bits per heavy atom. The maximum Gasteiger partial charge on any atom is 0.242 e. The highest BCUT2D eigenvalue weighted by molar-refractivity contribution is 5.89.